The summed E-state index contributed by atoms with van der Waals surface area (Å²) >= 11 is 0. The Morgan fingerprint density at radius 2 is 1.90 bits per heavy atom. The summed E-state index contributed by atoms with van der Waals surface area (Å²) in [6.45, 7) is 5.92. The normalized spacial score (nSPS) is 15.8. The van der Waals surface area contributed by atoms with Crippen LogP contribution in [0.25, 0.3) is 0 Å². The van der Waals surface area contributed by atoms with Gasteiger partial charge < -0.3 is 9.88 Å². The lowest BCUT2D eigenvalue weighted by molar-refractivity contribution is 0.410. The molecule has 1 aromatic heterocycles. The van der Waals surface area contributed by atoms with Crippen LogP contribution in [0.15, 0.2) is 17.2 Å². The number of aryl methyl sites for hydroxylation is 1. The molecular weight excluding hydrogens is 286 g/mol. The average molecular weight is 313 g/mol. The third-order valence-corrected chi connectivity index (χ3v) is 5.68. The maximum absolute atomic E-state index is 12.7. The van der Waals surface area contributed by atoms with E-state index in [1.54, 1.807) is 10.5 Å². The zero-order valence-electron chi connectivity index (χ0n) is 13.3. The molecule has 1 fully saturated rings. The zero-order chi connectivity index (χ0) is 15.5. The first-order valence-electron chi connectivity index (χ1n) is 7.87. The van der Waals surface area contributed by atoms with E-state index in [2.05, 4.69) is 5.32 Å². The van der Waals surface area contributed by atoms with Crippen molar-refractivity contribution in [2.75, 3.05) is 13.1 Å². The molecule has 0 radical (unpaired) electrons. The van der Waals surface area contributed by atoms with Crippen LogP contribution < -0.4 is 5.32 Å². The van der Waals surface area contributed by atoms with Gasteiger partial charge in [0, 0.05) is 44.6 Å². The highest BCUT2D eigenvalue weighted by Crippen LogP contribution is 2.22. The molecule has 1 aromatic rings. The minimum atomic E-state index is -3.37. The Balaban J connectivity index is 2.15. The Morgan fingerprint density at radius 3 is 2.43 bits per heavy atom. The molecular formula is C15H27N3O2S. The maximum Gasteiger partial charge on any atom is 0.244 e. The van der Waals surface area contributed by atoms with Crippen LogP contribution in [-0.2, 0) is 23.6 Å². The van der Waals surface area contributed by atoms with Gasteiger partial charge in [0.05, 0.1) is 0 Å². The molecule has 0 spiro atoms. The van der Waals surface area contributed by atoms with Crippen LogP contribution in [0.4, 0.5) is 0 Å². The molecule has 21 heavy (non-hydrogen) atoms. The van der Waals surface area contributed by atoms with Crippen molar-refractivity contribution in [3.8, 4) is 0 Å². The first-order chi connectivity index (χ1) is 9.98. The van der Waals surface area contributed by atoms with E-state index in [-0.39, 0.29) is 0 Å². The highest BCUT2D eigenvalue weighted by Gasteiger charge is 2.26. The molecule has 1 aliphatic rings. The molecule has 0 unspecified atom stereocenters. The fraction of sp³-hybridized carbons (Fsp3) is 0.733. The summed E-state index contributed by atoms with van der Waals surface area (Å²) in [6, 6.07) is 2.43. The van der Waals surface area contributed by atoms with E-state index in [1.807, 2.05) is 31.5 Å². The minimum Gasteiger partial charge on any atom is -0.352 e. The Bertz CT molecular complexity index is 555. The lowest BCUT2D eigenvalue weighted by Gasteiger charge is -2.20. The third-order valence-electron chi connectivity index (χ3n) is 3.82. The molecule has 5 nitrogen and oxygen atoms in total. The van der Waals surface area contributed by atoms with Crippen molar-refractivity contribution in [3.05, 3.63) is 18.0 Å². The summed E-state index contributed by atoms with van der Waals surface area (Å²) in [4.78, 5) is 0.416. The Kier molecular flexibility index (Phi) is 5.46. The smallest absolute Gasteiger partial charge is 0.244 e. The highest BCUT2D eigenvalue weighted by atomic mass is 32.2. The standard InChI is InChI=1S/C15H27N3O2S/c1-4-8-18(9-5-2)21(19,20)15-10-14(17(3)12-15)11-16-13-6-7-13/h10,12-13,16H,4-9,11H2,1-3H3. The molecule has 6 heteroatoms. The number of nitrogens with one attached hydrogen (secondary N) is 1. The van der Waals surface area contributed by atoms with Crippen molar-refractivity contribution < 1.29 is 8.42 Å². The fourth-order valence-corrected chi connectivity index (χ4v) is 4.15. The summed E-state index contributed by atoms with van der Waals surface area (Å²) in [5, 5.41) is 3.43. The molecule has 0 aliphatic heterocycles. The number of sulfonamides is 1. The molecule has 1 saturated carbocycles. The van der Waals surface area contributed by atoms with E-state index in [0.29, 0.717) is 24.0 Å². The lowest BCUT2D eigenvalue weighted by atomic mass is 10.4. The summed E-state index contributed by atoms with van der Waals surface area (Å²) in [7, 11) is -1.46. The number of hydrogen-bond acceptors (Lipinski definition) is 3. The molecule has 1 aliphatic carbocycles. The van der Waals surface area contributed by atoms with Crippen LogP contribution >= 0.6 is 0 Å². The zero-order valence-corrected chi connectivity index (χ0v) is 14.1. The van der Waals surface area contributed by atoms with Crippen molar-refractivity contribution in [2.24, 2.45) is 7.05 Å². The van der Waals surface area contributed by atoms with E-state index >= 15 is 0 Å². The van der Waals surface area contributed by atoms with Crippen molar-refractivity contribution in [1.29, 1.82) is 0 Å². The lowest BCUT2D eigenvalue weighted by Crippen LogP contribution is -2.32. The van der Waals surface area contributed by atoms with Crippen molar-refractivity contribution in [2.45, 2.75) is 57.0 Å². The first kappa shape index (κ1) is 16.5. The number of nitrogens with zero attached hydrogens (tertiary/aromatic N) is 2. The predicted molar refractivity (Wildman–Crippen MR) is 84.6 cm³/mol. The Labute approximate surface area is 128 Å². The van der Waals surface area contributed by atoms with E-state index in [9.17, 15) is 8.42 Å². The van der Waals surface area contributed by atoms with Crippen molar-refractivity contribution in [1.82, 2.24) is 14.2 Å². The number of aromatic nitrogens is 1. The second kappa shape index (κ2) is 6.94. The van der Waals surface area contributed by atoms with Gasteiger partial charge in [0.2, 0.25) is 10.0 Å². The van der Waals surface area contributed by atoms with E-state index < -0.39 is 10.0 Å². The summed E-state index contributed by atoms with van der Waals surface area (Å²) in [5.74, 6) is 0. The number of rotatable bonds is 9. The molecule has 0 aromatic carbocycles. The topological polar surface area (TPSA) is 54.3 Å². The van der Waals surface area contributed by atoms with Crippen LogP contribution in [0.5, 0.6) is 0 Å². The average Bonchev–Trinajstić information content (AvgIpc) is 3.19. The van der Waals surface area contributed by atoms with Crippen LogP contribution in [0.3, 0.4) is 0 Å². The fourth-order valence-electron chi connectivity index (χ4n) is 2.43. The van der Waals surface area contributed by atoms with E-state index in [4.69, 9.17) is 0 Å². The van der Waals surface area contributed by atoms with Gasteiger partial charge in [0.1, 0.15) is 4.90 Å². The molecule has 0 atom stereocenters. The van der Waals surface area contributed by atoms with Gasteiger partial charge in [-0.25, -0.2) is 8.42 Å². The predicted octanol–water partition coefficient (Wildman–Crippen LogP) is 2.09. The Hall–Kier alpha value is -0.850. The third kappa shape index (κ3) is 4.08. The Morgan fingerprint density at radius 1 is 1.29 bits per heavy atom. The second-order valence-corrected chi connectivity index (χ2v) is 7.78. The van der Waals surface area contributed by atoms with Gasteiger partial charge in [-0.3, -0.25) is 0 Å². The molecule has 1 heterocycles. The quantitative estimate of drug-likeness (QED) is 0.759. The van der Waals surface area contributed by atoms with E-state index in [1.165, 1.54) is 12.8 Å². The molecule has 120 valence electrons. The van der Waals surface area contributed by atoms with Gasteiger partial charge in [0.25, 0.3) is 0 Å². The largest absolute Gasteiger partial charge is 0.352 e. The number of hydrogen-bond donors (Lipinski definition) is 1. The summed E-state index contributed by atoms with van der Waals surface area (Å²) in [5.41, 5.74) is 1.02. The van der Waals surface area contributed by atoms with Gasteiger partial charge >= 0.3 is 0 Å². The maximum atomic E-state index is 12.7. The molecule has 0 saturated heterocycles. The summed E-state index contributed by atoms with van der Waals surface area (Å²) < 4.78 is 29.0. The van der Waals surface area contributed by atoms with Gasteiger partial charge in [-0.2, -0.15) is 4.31 Å². The van der Waals surface area contributed by atoms with Gasteiger partial charge in [-0.05, 0) is 31.7 Å². The molecule has 0 amide bonds. The summed E-state index contributed by atoms with van der Waals surface area (Å²) in [6.07, 6.45) is 5.87. The first-order valence-corrected chi connectivity index (χ1v) is 9.31. The van der Waals surface area contributed by atoms with Crippen LogP contribution in [0.2, 0.25) is 0 Å². The van der Waals surface area contributed by atoms with Crippen LogP contribution in [0.1, 0.15) is 45.2 Å². The molecule has 1 N–H and O–H groups in total. The van der Waals surface area contributed by atoms with Gasteiger partial charge in [-0.15, -0.1) is 0 Å². The van der Waals surface area contributed by atoms with Gasteiger partial charge in [0.15, 0.2) is 0 Å². The molecule has 0 bridgehead atoms. The SMILES string of the molecule is CCCN(CCC)S(=O)(=O)c1cc(CNC2CC2)n(C)c1. The minimum absolute atomic E-state index is 0.416. The highest BCUT2D eigenvalue weighted by molar-refractivity contribution is 7.89. The van der Waals surface area contributed by atoms with Crippen molar-refractivity contribution in [3.63, 3.8) is 0 Å². The van der Waals surface area contributed by atoms with Gasteiger partial charge in [-0.1, -0.05) is 13.8 Å². The van der Waals surface area contributed by atoms with Crippen LogP contribution in [0, 0.1) is 0 Å². The molecule has 2 rings (SSSR count). The van der Waals surface area contributed by atoms with E-state index in [0.717, 1.165) is 25.1 Å². The van der Waals surface area contributed by atoms with Crippen LogP contribution in [-0.4, -0.2) is 36.4 Å². The second-order valence-electron chi connectivity index (χ2n) is 5.84. The monoisotopic (exact) mass is 313 g/mol. The van der Waals surface area contributed by atoms with Crippen molar-refractivity contribution >= 4 is 10.0 Å².